The van der Waals surface area contributed by atoms with Gasteiger partial charge in [-0.2, -0.15) is 0 Å². The van der Waals surface area contributed by atoms with Gasteiger partial charge in [0.1, 0.15) is 5.52 Å². The first-order chi connectivity index (χ1) is 9.24. The SMILES string of the molecule is Cc1ccc2cccc(Oc3ccncc3N)c2n1. The molecule has 0 aliphatic carbocycles. The van der Waals surface area contributed by atoms with Crippen LogP contribution in [0.4, 0.5) is 5.69 Å². The summed E-state index contributed by atoms with van der Waals surface area (Å²) < 4.78 is 5.85. The van der Waals surface area contributed by atoms with Gasteiger partial charge < -0.3 is 10.5 Å². The summed E-state index contributed by atoms with van der Waals surface area (Å²) in [5.74, 6) is 1.28. The molecule has 0 saturated heterocycles. The number of pyridine rings is 2. The molecule has 0 bridgehead atoms. The van der Waals surface area contributed by atoms with Gasteiger partial charge in [0.05, 0.1) is 11.9 Å². The second kappa shape index (κ2) is 4.57. The van der Waals surface area contributed by atoms with E-state index in [-0.39, 0.29) is 0 Å². The van der Waals surface area contributed by atoms with Gasteiger partial charge in [-0.05, 0) is 19.1 Å². The maximum Gasteiger partial charge on any atom is 0.153 e. The first-order valence-electron chi connectivity index (χ1n) is 5.98. The van der Waals surface area contributed by atoms with E-state index in [1.807, 2.05) is 37.3 Å². The van der Waals surface area contributed by atoms with Crippen LogP contribution in [0.5, 0.6) is 11.5 Å². The van der Waals surface area contributed by atoms with Gasteiger partial charge in [0, 0.05) is 23.3 Å². The highest BCUT2D eigenvalue weighted by Crippen LogP contribution is 2.31. The maximum atomic E-state index is 5.85. The van der Waals surface area contributed by atoms with Crippen molar-refractivity contribution in [2.75, 3.05) is 5.73 Å². The minimum Gasteiger partial charge on any atom is -0.453 e. The zero-order valence-corrected chi connectivity index (χ0v) is 10.5. The first kappa shape index (κ1) is 11.5. The average Bonchev–Trinajstić information content (AvgIpc) is 2.42. The summed E-state index contributed by atoms with van der Waals surface area (Å²) in [6.07, 6.45) is 3.22. The van der Waals surface area contributed by atoms with Crippen LogP contribution in [0.2, 0.25) is 0 Å². The molecule has 4 nitrogen and oxygen atoms in total. The number of anilines is 1. The van der Waals surface area contributed by atoms with Gasteiger partial charge in [0.25, 0.3) is 0 Å². The molecule has 0 aliphatic rings. The molecule has 0 amide bonds. The van der Waals surface area contributed by atoms with Crippen LogP contribution in [0.1, 0.15) is 5.69 Å². The van der Waals surface area contributed by atoms with Crippen molar-refractivity contribution in [1.82, 2.24) is 9.97 Å². The van der Waals surface area contributed by atoms with Crippen LogP contribution in [0.3, 0.4) is 0 Å². The summed E-state index contributed by atoms with van der Waals surface area (Å²) in [7, 11) is 0. The van der Waals surface area contributed by atoms with E-state index in [1.54, 1.807) is 18.5 Å². The second-order valence-corrected chi connectivity index (χ2v) is 4.30. The summed E-state index contributed by atoms with van der Waals surface area (Å²) in [5.41, 5.74) is 8.12. The van der Waals surface area contributed by atoms with Gasteiger partial charge in [0.2, 0.25) is 0 Å². The lowest BCUT2D eigenvalue weighted by Crippen LogP contribution is -1.94. The van der Waals surface area contributed by atoms with Crippen LogP contribution >= 0.6 is 0 Å². The number of nitrogens with zero attached hydrogens (tertiary/aromatic N) is 2. The number of fused-ring (bicyclic) bond motifs is 1. The smallest absolute Gasteiger partial charge is 0.153 e. The number of ether oxygens (including phenoxy) is 1. The fourth-order valence-electron chi connectivity index (χ4n) is 1.91. The van der Waals surface area contributed by atoms with Gasteiger partial charge in [-0.1, -0.05) is 18.2 Å². The van der Waals surface area contributed by atoms with Gasteiger partial charge in [-0.3, -0.25) is 4.98 Å². The zero-order chi connectivity index (χ0) is 13.2. The van der Waals surface area contributed by atoms with Gasteiger partial charge >= 0.3 is 0 Å². The normalized spacial score (nSPS) is 10.6. The Hall–Kier alpha value is -2.62. The van der Waals surface area contributed by atoms with Crippen molar-refractivity contribution in [3.8, 4) is 11.5 Å². The molecule has 2 heterocycles. The molecule has 3 aromatic rings. The first-order valence-corrected chi connectivity index (χ1v) is 5.98. The van der Waals surface area contributed by atoms with E-state index in [4.69, 9.17) is 10.5 Å². The third-order valence-corrected chi connectivity index (χ3v) is 2.85. The number of nitrogen functional groups attached to an aromatic ring is 1. The van der Waals surface area contributed by atoms with Gasteiger partial charge in [-0.25, -0.2) is 4.98 Å². The highest BCUT2D eigenvalue weighted by Gasteiger charge is 2.07. The number of nitrogens with two attached hydrogens (primary N) is 1. The van der Waals surface area contributed by atoms with Crippen molar-refractivity contribution in [3.05, 3.63) is 54.5 Å². The summed E-state index contributed by atoms with van der Waals surface area (Å²) in [6.45, 7) is 1.96. The molecular formula is C15H13N3O. The fourth-order valence-corrected chi connectivity index (χ4v) is 1.91. The molecule has 1 aromatic carbocycles. The number of aryl methyl sites for hydroxylation is 1. The molecule has 4 heteroatoms. The lowest BCUT2D eigenvalue weighted by atomic mass is 10.2. The van der Waals surface area contributed by atoms with Crippen LogP contribution < -0.4 is 10.5 Å². The third kappa shape index (κ3) is 2.20. The van der Waals surface area contributed by atoms with Crippen molar-refractivity contribution in [1.29, 1.82) is 0 Å². The van der Waals surface area contributed by atoms with E-state index in [1.165, 1.54) is 0 Å². The van der Waals surface area contributed by atoms with Crippen molar-refractivity contribution in [2.24, 2.45) is 0 Å². The number of aromatic nitrogens is 2. The van der Waals surface area contributed by atoms with E-state index >= 15 is 0 Å². The Labute approximate surface area is 110 Å². The Morgan fingerprint density at radius 1 is 1.05 bits per heavy atom. The Bertz CT molecular complexity index is 740. The van der Waals surface area contributed by atoms with Crippen molar-refractivity contribution in [3.63, 3.8) is 0 Å². The molecular weight excluding hydrogens is 238 g/mol. The Kier molecular flexibility index (Phi) is 2.76. The number of benzene rings is 1. The second-order valence-electron chi connectivity index (χ2n) is 4.30. The van der Waals surface area contributed by atoms with Gasteiger partial charge in [-0.15, -0.1) is 0 Å². The molecule has 0 atom stereocenters. The third-order valence-electron chi connectivity index (χ3n) is 2.85. The molecule has 0 saturated carbocycles. The van der Waals surface area contributed by atoms with Crippen molar-refractivity contribution >= 4 is 16.6 Å². The van der Waals surface area contributed by atoms with Crippen LogP contribution in [-0.2, 0) is 0 Å². The zero-order valence-electron chi connectivity index (χ0n) is 10.5. The number of rotatable bonds is 2. The summed E-state index contributed by atoms with van der Waals surface area (Å²) in [5, 5.41) is 1.04. The minimum atomic E-state index is 0.507. The molecule has 94 valence electrons. The van der Waals surface area contributed by atoms with E-state index in [0.29, 0.717) is 17.2 Å². The van der Waals surface area contributed by atoms with Crippen LogP contribution in [0.25, 0.3) is 10.9 Å². The molecule has 3 rings (SSSR count). The highest BCUT2D eigenvalue weighted by atomic mass is 16.5. The van der Waals surface area contributed by atoms with E-state index in [9.17, 15) is 0 Å². The van der Waals surface area contributed by atoms with Crippen LogP contribution in [0, 0.1) is 6.92 Å². The molecule has 19 heavy (non-hydrogen) atoms. The Morgan fingerprint density at radius 3 is 2.79 bits per heavy atom. The van der Waals surface area contributed by atoms with E-state index in [2.05, 4.69) is 9.97 Å². The van der Waals surface area contributed by atoms with Crippen molar-refractivity contribution in [2.45, 2.75) is 6.92 Å². The lowest BCUT2D eigenvalue weighted by molar-refractivity contribution is 0.489. The molecule has 2 aromatic heterocycles. The molecule has 0 radical (unpaired) electrons. The molecule has 0 unspecified atom stereocenters. The average molecular weight is 251 g/mol. The van der Waals surface area contributed by atoms with Crippen molar-refractivity contribution < 1.29 is 4.74 Å². The van der Waals surface area contributed by atoms with Crippen LogP contribution in [0.15, 0.2) is 48.8 Å². The van der Waals surface area contributed by atoms with E-state index in [0.717, 1.165) is 16.6 Å². The minimum absolute atomic E-state index is 0.507. The summed E-state index contributed by atoms with van der Waals surface area (Å²) in [6, 6.07) is 11.6. The fraction of sp³-hybridized carbons (Fsp3) is 0.0667. The predicted molar refractivity (Wildman–Crippen MR) is 75.2 cm³/mol. The Morgan fingerprint density at radius 2 is 1.95 bits per heavy atom. The largest absolute Gasteiger partial charge is 0.453 e. The Balaban J connectivity index is 2.10. The van der Waals surface area contributed by atoms with Crippen LogP contribution in [-0.4, -0.2) is 9.97 Å². The molecule has 0 fully saturated rings. The highest BCUT2D eigenvalue weighted by molar-refractivity contribution is 5.85. The number of hydrogen-bond donors (Lipinski definition) is 1. The predicted octanol–water partition coefficient (Wildman–Crippen LogP) is 3.31. The molecule has 0 spiro atoms. The molecule has 2 N–H and O–H groups in total. The number of hydrogen-bond acceptors (Lipinski definition) is 4. The monoisotopic (exact) mass is 251 g/mol. The summed E-state index contributed by atoms with van der Waals surface area (Å²) in [4.78, 5) is 8.46. The van der Waals surface area contributed by atoms with E-state index < -0.39 is 0 Å². The summed E-state index contributed by atoms with van der Waals surface area (Å²) >= 11 is 0. The number of para-hydroxylation sites is 1. The maximum absolute atomic E-state index is 5.85. The lowest BCUT2D eigenvalue weighted by Gasteiger charge is -2.10. The standard InChI is InChI=1S/C15H13N3O/c1-10-5-6-11-3-2-4-14(15(11)18-10)19-13-7-8-17-9-12(13)16/h2-9H,16H2,1H3. The topological polar surface area (TPSA) is 61.0 Å². The van der Waals surface area contributed by atoms with Gasteiger partial charge in [0.15, 0.2) is 11.5 Å². The molecule has 0 aliphatic heterocycles. The quantitative estimate of drug-likeness (QED) is 0.759.